The van der Waals surface area contributed by atoms with Crippen molar-refractivity contribution in [3.05, 3.63) is 58.7 Å². The van der Waals surface area contributed by atoms with Gasteiger partial charge in [0.2, 0.25) is 11.9 Å². The van der Waals surface area contributed by atoms with Gasteiger partial charge < -0.3 is 15.6 Å². The summed E-state index contributed by atoms with van der Waals surface area (Å²) in [5, 5.41) is 10.3. The molecule has 0 saturated heterocycles. The lowest BCUT2D eigenvalue weighted by molar-refractivity contribution is -0.125. The lowest BCUT2D eigenvalue weighted by Gasteiger charge is -2.23. The van der Waals surface area contributed by atoms with Crippen molar-refractivity contribution in [3.8, 4) is 22.4 Å². The average molecular weight is 557 g/mol. The van der Waals surface area contributed by atoms with E-state index < -0.39 is 11.9 Å². The molecule has 11 nitrogen and oxygen atoms in total. The van der Waals surface area contributed by atoms with Gasteiger partial charge in [0.25, 0.3) is 5.91 Å². The fourth-order valence-electron chi connectivity index (χ4n) is 6.81. The van der Waals surface area contributed by atoms with Crippen LogP contribution in [0.3, 0.4) is 0 Å². The Bertz CT molecular complexity index is 1950. The number of amides is 2. The molecule has 5 aromatic rings. The Morgan fingerprint density at radius 1 is 1.17 bits per heavy atom. The SMILES string of the molecule is CNC(=O)C1CNC(=O)c2cccc(c2)-c2c(-c3cn(C)nc3F)[nH]c3ncc4c(c23)n(c(=O)n4C)[C@@H]2CC[C@@H]1C2. The summed E-state index contributed by atoms with van der Waals surface area (Å²) in [6.07, 6.45) is 5.29. The Morgan fingerprint density at radius 3 is 2.73 bits per heavy atom. The first-order chi connectivity index (χ1) is 19.8. The number of H-pyrrole nitrogens is 1. The molecule has 1 aromatic carbocycles. The first-order valence-corrected chi connectivity index (χ1v) is 13.7. The van der Waals surface area contributed by atoms with E-state index in [0.717, 1.165) is 6.42 Å². The van der Waals surface area contributed by atoms with Gasteiger partial charge >= 0.3 is 5.69 Å². The van der Waals surface area contributed by atoms with Gasteiger partial charge in [-0.1, -0.05) is 12.1 Å². The summed E-state index contributed by atoms with van der Waals surface area (Å²) in [5.74, 6) is -1.55. The number of rotatable bonds is 2. The second kappa shape index (κ2) is 9.15. The van der Waals surface area contributed by atoms with Crippen LogP contribution in [0.15, 0.2) is 41.5 Å². The van der Waals surface area contributed by atoms with Crippen LogP contribution < -0.4 is 16.3 Å². The Labute approximate surface area is 233 Å². The number of carbonyl (C=O) groups is 2. The van der Waals surface area contributed by atoms with E-state index in [4.69, 9.17) is 0 Å². The molecular weight excluding hydrogens is 527 g/mol. The topological polar surface area (TPSA) is 132 Å². The smallest absolute Gasteiger partial charge is 0.329 e. The molecule has 4 aromatic heterocycles. The van der Waals surface area contributed by atoms with Crippen molar-refractivity contribution in [1.29, 1.82) is 0 Å². The Kier molecular flexibility index (Phi) is 5.63. The van der Waals surface area contributed by atoms with Gasteiger partial charge in [-0.2, -0.15) is 4.39 Å². The van der Waals surface area contributed by atoms with Gasteiger partial charge in [0.05, 0.1) is 39.8 Å². The number of hydrogen-bond donors (Lipinski definition) is 3. The molecule has 1 fully saturated rings. The van der Waals surface area contributed by atoms with E-state index in [9.17, 15) is 14.4 Å². The number of imidazole rings is 1. The second-order valence-corrected chi connectivity index (χ2v) is 11.0. The molecule has 2 amide bonds. The van der Waals surface area contributed by atoms with Gasteiger partial charge in [-0.3, -0.25) is 23.4 Å². The van der Waals surface area contributed by atoms with Crippen molar-refractivity contribution >= 4 is 33.9 Å². The number of benzene rings is 1. The number of halogens is 1. The van der Waals surface area contributed by atoms with Crippen LogP contribution in [-0.2, 0) is 18.9 Å². The molecule has 0 spiro atoms. The van der Waals surface area contributed by atoms with Crippen molar-refractivity contribution in [2.45, 2.75) is 25.3 Å². The van der Waals surface area contributed by atoms with E-state index in [2.05, 4.69) is 25.7 Å². The van der Waals surface area contributed by atoms with Crippen LogP contribution in [0.4, 0.5) is 4.39 Å². The van der Waals surface area contributed by atoms with E-state index >= 15 is 4.39 Å². The number of hydrogen-bond acceptors (Lipinski definition) is 5. The molecule has 1 unspecified atom stereocenters. The third-order valence-electron chi connectivity index (χ3n) is 8.78. The third-order valence-corrected chi connectivity index (χ3v) is 8.78. The quantitative estimate of drug-likeness (QED) is 0.308. The van der Waals surface area contributed by atoms with Crippen LogP contribution in [-0.4, -0.2) is 54.3 Å². The van der Waals surface area contributed by atoms with Crippen LogP contribution in [0.5, 0.6) is 0 Å². The van der Waals surface area contributed by atoms with Crippen LogP contribution in [0.25, 0.3) is 44.5 Å². The maximum Gasteiger partial charge on any atom is 0.329 e. The summed E-state index contributed by atoms with van der Waals surface area (Å²) in [4.78, 5) is 48.1. The monoisotopic (exact) mass is 556 g/mol. The van der Waals surface area contributed by atoms with Crippen LogP contribution in [0, 0.1) is 17.8 Å². The number of fused-ring (bicyclic) bond motifs is 6. The normalized spacial score (nSPS) is 20.5. The molecule has 1 saturated carbocycles. The number of aromatic amines is 1. The van der Waals surface area contributed by atoms with E-state index in [1.807, 2.05) is 10.6 Å². The van der Waals surface area contributed by atoms with Gasteiger partial charge in [-0.25, -0.2) is 9.78 Å². The first-order valence-electron chi connectivity index (χ1n) is 13.7. The standard InChI is InChI=1S/C29H29FN8O3/c1-31-28(40)18-11-33-27(39)16-6-4-5-15(9-16)21-22-24-20(37(3)29(41)38(24)17-8-7-14(18)10-17)12-32-26(22)34-23(21)19-13-36(2)35-25(19)30/h4-6,9,12-14,17-18H,7-8,10-11H2,1-3H3,(H,31,40)(H,32,34)(H,33,39)/t14-,17-,18?/m1/s1. The number of pyridine rings is 1. The van der Waals surface area contributed by atoms with Crippen molar-refractivity contribution in [2.24, 2.45) is 25.9 Å². The van der Waals surface area contributed by atoms with Crippen molar-refractivity contribution < 1.29 is 14.0 Å². The largest absolute Gasteiger partial charge is 0.359 e. The molecule has 2 aliphatic rings. The minimum atomic E-state index is -0.649. The first kappa shape index (κ1) is 25.2. The van der Waals surface area contributed by atoms with Gasteiger partial charge in [-0.15, -0.1) is 5.10 Å². The lowest BCUT2D eigenvalue weighted by Crippen LogP contribution is -2.41. The van der Waals surface area contributed by atoms with E-state index in [-0.39, 0.29) is 41.6 Å². The van der Waals surface area contributed by atoms with Crippen LogP contribution in [0.2, 0.25) is 0 Å². The van der Waals surface area contributed by atoms with Gasteiger partial charge in [0.1, 0.15) is 5.65 Å². The molecule has 41 heavy (non-hydrogen) atoms. The molecule has 1 aliphatic heterocycles. The maximum absolute atomic E-state index is 15.1. The highest BCUT2D eigenvalue weighted by Gasteiger charge is 2.38. The number of aromatic nitrogens is 6. The molecule has 1 aliphatic carbocycles. The molecule has 7 rings (SSSR count). The number of carbonyl (C=O) groups excluding carboxylic acids is 2. The molecule has 12 heteroatoms. The van der Waals surface area contributed by atoms with Crippen molar-refractivity contribution in [3.63, 3.8) is 0 Å². The Hall–Kier alpha value is -4.74. The number of nitrogens with zero attached hydrogens (tertiary/aromatic N) is 5. The Balaban J connectivity index is 1.59. The summed E-state index contributed by atoms with van der Waals surface area (Å²) in [5.41, 5.74) is 4.06. The fraction of sp³-hybridized carbons (Fsp3) is 0.345. The van der Waals surface area contributed by atoms with Crippen LogP contribution >= 0.6 is 0 Å². The molecule has 5 heterocycles. The average Bonchev–Trinajstić information content (AvgIpc) is 3.72. The highest BCUT2D eigenvalue weighted by Crippen LogP contribution is 2.45. The van der Waals surface area contributed by atoms with E-state index in [0.29, 0.717) is 57.3 Å². The van der Waals surface area contributed by atoms with E-state index in [1.54, 1.807) is 56.3 Å². The second-order valence-electron chi connectivity index (χ2n) is 11.0. The van der Waals surface area contributed by atoms with Crippen molar-refractivity contribution in [2.75, 3.05) is 13.6 Å². The molecule has 4 bridgehead atoms. The predicted molar refractivity (Wildman–Crippen MR) is 151 cm³/mol. The maximum atomic E-state index is 15.1. The predicted octanol–water partition coefficient (Wildman–Crippen LogP) is 2.87. The summed E-state index contributed by atoms with van der Waals surface area (Å²) in [6.45, 7) is 0.181. The van der Waals surface area contributed by atoms with Gasteiger partial charge in [-0.05, 0) is 42.9 Å². The Morgan fingerprint density at radius 2 is 1.98 bits per heavy atom. The molecular formula is C29H29FN8O3. The van der Waals surface area contributed by atoms with Crippen molar-refractivity contribution in [1.82, 2.24) is 39.5 Å². The highest BCUT2D eigenvalue weighted by atomic mass is 19.1. The lowest BCUT2D eigenvalue weighted by atomic mass is 9.89. The number of nitrogens with one attached hydrogen (secondary N) is 3. The number of aryl methyl sites for hydroxylation is 2. The minimum absolute atomic E-state index is 0.0280. The zero-order chi connectivity index (χ0) is 28.6. The zero-order valence-corrected chi connectivity index (χ0v) is 22.9. The highest BCUT2D eigenvalue weighted by molar-refractivity contribution is 6.14. The molecule has 3 atom stereocenters. The fourth-order valence-corrected chi connectivity index (χ4v) is 6.81. The summed E-state index contributed by atoms with van der Waals surface area (Å²) >= 11 is 0. The summed E-state index contributed by atoms with van der Waals surface area (Å²) in [7, 11) is 4.96. The zero-order valence-electron chi connectivity index (χ0n) is 22.9. The van der Waals surface area contributed by atoms with Gasteiger partial charge in [0, 0.05) is 51.1 Å². The minimum Gasteiger partial charge on any atom is -0.359 e. The molecule has 210 valence electrons. The molecule has 3 N–H and O–H groups in total. The third kappa shape index (κ3) is 3.73. The van der Waals surface area contributed by atoms with Crippen LogP contribution in [0.1, 0.15) is 35.7 Å². The summed E-state index contributed by atoms with van der Waals surface area (Å²) < 4.78 is 20.0. The van der Waals surface area contributed by atoms with Gasteiger partial charge in [0.15, 0.2) is 0 Å². The summed E-state index contributed by atoms with van der Waals surface area (Å²) in [6, 6.07) is 6.90. The molecule has 0 radical (unpaired) electrons. The van der Waals surface area contributed by atoms with E-state index in [1.165, 1.54) is 4.68 Å².